The Morgan fingerprint density at radius 2 is 1.85 bits per heavy atom. The van der Waals surface area contributed by atoms with Gasteiger partial charge in [0.1, 0.15) is 6.10 Å². The van der Waals surface area contributed by atoms with Crippen LogP contribution in [0.25, 0.3) is 0 Å². The summed E-state index contributed by atoms with van der Waals surface area (Å²) < 4.78 is 5.29. The number of amides is 1. The van der Waals surface area contributed by atoms with Gasteiger partial charge in [-0.25, -0.2) is 4.79 Å². The van der Waals surface area contributed by atoms with E-state index in [1.54, 1.807) is 0 Å². The Morgan fingerprint density at radius 1 is 1.20 bits per heavy atom. The van der Waals surface area contributed by atoms with Crippen LogP contribution in [0.3, 0.4) is 0 Å². The summed E-state index contributed by atoms with van der Waals surface area (Å²) in [5.41, 5.74) is 0.346. The quantitative estimate of drug-likeness (QED) is 0.830. The molecule has 2 unspecified atom stereocenters. The molecule has 20 heavy (non-hydrogen) atoms. The van der Waals surface area contributed by atoms with Crippen molar-refractivity contribution in [3.8, 4) is 0 Å². The molecule has 0 aromatic rings. The molecule has 0 spiro atoms. The average Bonchev–Trinajstić information content (AvgIpc) is 2.81. The lowest BCUT2D eigenvalue weighted by atomic mass is 9.70. The maximum absolute atomic E-state index is 12.2. The van der Waals surface area contributed by atoms with E-state index in [1.807, 2.05) is 0 Å². The Balaban J connectivity index is 1.85. The largest absolute Gasteiger partial charge is 0.479 e. The number of hydrogen-bond donors (Lipinski definition) is 2. The molecule has 1 aliphatic heterocycles. The highest BCUT2D eigenvalue weighted by molar-refractivity contribution is 5.82. The zero-order chi connectivity index (χ0) is 14.9. The Bertz CT molecular complexity index is 393. The molecule has 1 amide bonds. The summed E-state index contributed by atoms with van der Waals surface area (Å²) in [4.78, 5) is 23.0. The number of ether oxygens (including phenoxy) is 1. The van der Waals surface area contributed by atoms with Crippen LogP contribution < -0.4 is 5.32 Å². The van der Waals surface area contributed by atoms with Gasteiger partial charge >= 0.3 is 5.97 Å². The number of hydrogen-bond acceptors (Lipinski definition) is 3. The van der Waals surface area contributed by atoms with Gasteiger partial charge in [0.05, 0.1) is 0 Å². The number of carbonyl (C=O) groups excluding carboxylic acids is 1. The first-order valence-corrected chi connectivity index (χ1v) is 7.47. The first kappa shape index (κ1) is 15.3. The highest BCUT2D eigenvalue weighted by Crippen LogP contribution is 2.38. The van der Waals surface area contributed by atoms with Crippen molar-refractivity contribution in [2.45, 2.75) is 71.1 Å². The van der Waals surface area contributed by atoms with Crippen molar-refractivity contribution in [2.75, 3.05) is 0 Å². The van der Waals surface area contributed by atoms with E-state index >= 15 is 0 Å². The van der Waals surface area contributed by atoms with E-state index in [-0.39, 0.29) is 11.9 Å². The van der Waals surface area contributed by atoms with Gasteiger partial charge in [0.25, 0.3) is 0 Å². The molecule has 1 aliphatic carbocycles. The van der Waals surface area contributed by atoms with Crippen molar-refractivity contribution in [1.82, 2.24) is 5.32 Å². The summed E-state index contributed by atoms with van der Waals surface area (Å²) in [6.07, 6.45) is 2.67. The van der Waals surface area contributed by atoms with Gasteiger partial charge in [-0.15, -0.1) is 0 Å². The Morgan fingerprint density at radius 3 is 2.40 bits per heavy atom. The smallest absolute Gasteiger partial charge is 0.332 e. The molecule has 114 valence electrons. The van der Waals surface area contributed by atoms with Gasteiger partial charge < -0.3 is 15.2 Å². The zero-order valence-electron chi connectivity index (χ0n) is 12.5. The van der Waals surface area contributed by atoms with Gasteiger partial charge in [-0.05, 0) is 43.4 Å². The third-order valence-electron chi connectivity index (χ3n) is 4.61. The summed E-state index contributed by atoms with van der Waals surface area (Å²) in [7, 11) is 0. The summed E-state index contributed by atoms with van der Waals surface area (Å²) in [6, 6.07) is 0.183. The Kier molecular flexibility index (Phi) is 4.37. The molecule has 0 radical (unpaired) electrons. The van der Waals surface area contributed by atoms with E-state index in [0.29, 0.717) is 24.2 Å². The molecule has 2 rings (SSSR count). The van der Waals surface area contributed by atoms with Crippen LogP contribution in [-0.2, 0) is 14.3 Å². The third-order valence-corrected chi connectivity index (χ3v) is 4.61. The molecule has 0 aromatic carbocycles. The van der Waals surface area contributed by atoms with Crippen molar-refractivity contribution in [3.63, 3.8) is 0 Å². The molecule has 1 heterocycles. The molecular weight excluding hydrogens is 258 g/mol. The fraction of sp³-hybridized carbons (Fsp3) is 0.867. The van der Waals surface area contributed by atoms with Gasteiger partial charge in [-0.1, -0.05) is 20.8 Å². The second-order valence-corrected chi connectivity index (χ2v) is 7.03. The van der Waals surface area contributed by atoms with Crippen molar-refractivity contribution in [2.24, 2.45) is 11.3 Å². The van der Waals surface area contributed by atoms with Crippen molar-refractivity contribution in [1.29, 1.82) is 0 Å². The topological polar surface area (TPSA) is 75.6 Å². The zero-order valence-corrected chi connectivity index (χ0v) is 12.5. The van der Waals surface area contributed by atoms with Crippen LogP contribution >= 0.6 is 0 Å². The molecule has 4 atom stereocenters. The van der Waals surface area contributed by atoms with Crippen LogP contribution in [-0.4, -0.2) is 35.2 Å². The highest BCUT2D eigenvalue weighted by atomic mass is 16.5. The predicted octanol–water partition coefficient (Wildman–Crippen LogP) is 1.95. The van der Waals surface area contributed by atoms with Gasteiger partial charge in [-0.3, -0.25) is 4.79 Å². The highest BCUT2D eigenvalue weighted by Gasteiger charge is 2.38. The van der Waals surface area contributed by atoms with Gasteiger partial charge in [0, 0.05) is 6.04 Å². The molecule has 2 fully saturated rings. The first-order chi connectivity index (χ1) is 9.28. The van der Waals surface area contributed by atoms with E-state index in [2.05, 4.69) is 26.1 Å². The van der Waals surface area contributed by atoms with Gasteiger partial charge in [0.2, 0.25) is 5.91 Å². The molecule has 0 bridgehead atoms. The van der Waals surface area contributed by atoms with E-state index in [1.165, 1.54) is 0 Å². The van der Waals surface area contributed by atoms with Gasteiger partial charge in [-0.2, -0.15) is 0 Å². The molecular formula is C15H25NO4. The minimum Gasteiger partial charge on any atom is -0.479 e. The van der Waals surface area contributed by atoms with Crippen LogP contribution in [0.5, 0.6) is 0 Å². The lowest BCUT2D eigenvalue weighted by molar-refractivity contribution is -0.152. The van der Waals surface area contributed by atoms with E-state index in [0.717, 1.165) is 19.3 Å². The fourth-order valence-corrected chi connectivity index (χ4v) is 3.45. The summed E-state index contributed by atoms with van der Waals surface area (Å²) in [5.74, 6) is -0.683. The molecule has 5 nitrogen and oxygen atoms in total. The van der Waals surface area contributed by atoms with Crippen LogP contribution in [0.15, 0.2) is 0 Å². The first-order valence-electron chi connectivity index (χ1n) is 7.47. The Hall–Kier alpha value is -1.10. The molecule has 2 N–H and O–H groups in total. The molecule has 0 aromatic heterocycles. The maximum Gasteiger partial charge on any atom is 0.332 e. The summed E-state index contributed by atoms with van der Waals surface area (Å²) in [5, 5.41) is 11.9. The monoisotopic (exact) mass is 283 g/mol. The SMILES string of the molecule is CC1CC(C)(C)CCC1NC(=O)[C@@H]1CC[C@H](C(=O)O)O1. The van der Waals surface area contributed by atoms with Crippen LogP contribution in [0.1, 0.15) is 52.9 Å². The van der Waals surface area contributed by atoms with Gasteiger partial charge in [0.15, 0.2) is 6.10 Å². The number of aliphatic carboxylic acids is 1. The minimum atomic E-state index is -0.979. The Labute approximate surface area is 120 Å². The molecule has 5 heteroatoms. The standard InChI is InChI=1S/C15H25NO4/c1-9-8-15(2,3)7-6-10(9)16-13(17)11-4-5-12(20-11)14(18)19/h9-12H,4-8H2,1-3H3,(H,16,17)(H,18,19)/t9?,10?,11-,12+/m0/s1. The maximum atomic E-state index is 12.2. The lowest BCUT2D eigenvalue weighted by Crippen LogP contribution is -2.48. The second kappa shape index (κ2) is 5.72. The number of carboxylic acids is 1. The number of carbonyl (C=O) groups is 2. The molecule has 1 saturated heterocycles. The third kappa shape index (κ3) is 3.51. The number of nitrogens with one attached hydrogen (secondary N) is 1. The predicted molar refractivity (Wildman–Crippen MR) is 74.3 cm³/mol. The van der Waals surface area contributed by atoms with Crippen LogP contribution in [0, 0.1) is 11.3 Å². The normalized spacial score (nSPS) is 36.5. The van der Waals surface area contributed by atoms with E-state index < -0.39 is 18.2 Å². The lowest BCUT2D eigenvalue weighted by Gasteiger charge is -2.39. The van der Waals surface area contributed by atoms with Crippen molar-refractivity contribution >= 4 is 11.9 Å². The number of rotatable bonds is 3. The van der Waals surface area contributed by atoms with Crippen molar-refractivity contribution < 1.29 is 19.4 Å². The minimum absolute atomic E-state index is 0.148. The fourth-order valence-electron chi connectivity index (χ4n) is 3.45. The molecule has 1 saturated carbocycles. The van der Waals surface area contributed by atoms with E-state index in [9.17, 15) is 9.59 Å². The van der Waals surface area contributed by atoms with Crippen LogP contribution in [0.2, 0.25) is 0 Å². The second-order valence-electron chi connectivity index (χ2n) is 7.03. The summed E-state index contributed by atoms with van der Waals surface area (Å²) >= 11 is 0. The van der Waals surface area contributed by atoms with Crippen LogP contribution in [0.4, 0.5) is 0 Å². The van der Waals surface area contributed by atoms with Crippen molar-refractivity contribution in [3.05, 3.63) is 0 Å². The number of carboxylic acid groups (broad SMARTS) is 1. The van der Waals surface area contributed by atoms with E-state index in [4.69, 9.17) is 9.84 Å². The summed E-state index contributed by atoms with van der Waals surface area (Å²) in [6.45, 7) is 6.69. The average molecular weight is 283 g/mol. The molecule has 2 aliphatic rings.